The minimum Gasteiger partial charge on any atom is -0.494 e. The van der Waals surface area contributed by atoms with E-state index >= 15 is 0 Å². The van der Waals surface area contributed by atoms with E-state index in [1.807, 2.05) is 18.2 Å². The Hall–Kier alpha value is -3.74. The predicted octanol–water partition coefficient (Wildman–Crippen LogP) is 0.684. The van der Waals surface area contributed by atoms with Gasteiger partial charge in [0.05, 0.1) is 10.9 Å². The molecule has 0 fully saturated rings. The van der Waals surface area contributed by atoms with Gasteiger partial charge in [-0.3, -0.25) is 20.2 Å². The molecule has 0 amide bonds. The molecule has 7 heteroatoms. The second-order valence-electron chi connectivity index (χ2n) is 5.46. The molecule has 0 bridgehead atoms. The van der Waals surface area contributed by atoms with Gasteiger partial charge in [-0.15, -0.1) is 0 Å². The molecule has 1 aliphatic rings. The maximum Gasteiger partial charge on any atom is 0.260 e. The van der Waals surface area contributed by atoms with E-state index in [2.05, 4.69) is 15.1 Å². The highest BCUT2D eigenvalue weighted by Crippen LogP contribution is 2.21. The van der Waals surface area contributed by atoms with Gasteiger partial charge in [0.25, 0.3) is 5.56 Å². The largest absolute Gasteiger partial charge is 0.494 e. The van der Waals surface area contributed by atoms with Gasteiger partial charge in [-0.25, -0.2) is 5.01 Å². The zero-order chi connectivity index (χ0) is 17.4. The number of anilines is 1. The van der Waals surface area contributed by atoms with Crippen LogP contribution in [0.2, 0.25) is 0 Å². The monoisotopic (exact) mass is 331 g/mol. The van der Waals surface area contributed by atoms with Gasteiger partial charge in [0, 0.05) is 12.4 Å². The number of H-pyrrole nitrogens is 1. The van der Waals surface area contributed by atoms with Crippen molar-refractivity contribution in [2.24, 2.45) is 5.10 Å². The van der Waals surface area contributed by atoms with Crippen molar-refractivity contribution < 1.29 is 5.11 Å². The normalized spacial score (nSPS) is 13.7. The maximum atomic E-state index is 12.3. The number of rotatable bonds is 2. The van der Waals surface area contributed by atoms with Crippen LogP contribution in [0.15, 0.2) is 64.8 Å². The third kappa shape index (κ3) is 2.47. The number of aromatic nitrogens is 2. The van der Waals surface area contributed by atoms with E-state index in [9.17, 15) is 9.90 Å². The molecule has 0 saturated carbocycles. The molecule has 4 rings (SSSR count). The van der Waals surface area contributed by atoms with Gasteiger partial charge >= 0.3 is 0 Å². The number of hydrogen-bond donors (Lipinski definition) is 3. The lowest BCUT2D eigenvalue weighted by Gasteiger charge is -2.13. The molecular weight excluding hydrogens is 318 g/mol. The van der Waals surface area contributed by atoms with Crippen molar-refractivity contribution in [3.8, 4) is 5.88 Å². The fourth-order valence-electron chi connectivity index (χ4n) is 2.69. The lowest BCUT2D eigenvalue weighted by Crippen LogP contribution is -2.42. The highest BCUT2D eigenvalue weighted by Gasteiger charge is 2.26. The van der Waals surface area contributed by atoms with E-state index in [-0.39, 0.29) is 27.9 Å². The molecule has 1 aromatic carbocycles. The zero-order valence-corrected chi connectivity index (χ0v) is 13.0. The summed E-state index contributed by atoms with van der Waals surface area (Å²) in [4.78, 5) is 18.7. The second kappa shape index (κ2) is 5.72. The number of benzene rings is 1. The minimum absolute atomic E-state index is 0.000622. The molecular formula is C18H13N5O2. The zero-order valence-electron chi connectivity index (χ0n) is 13.0. The second-order valence-corrected chi connectivity index (χ2v) is 5.46. The number of aromatic amines is 1. The molecule has 3 heterocycles. The van der Waals surface area contributed by atoms with Gasteiger partial charge in [0.2, 0.25) is 5.88 Å². The average molecular weight is 331 g/mol. The first kappa shape index (κ1) is 14.8. The number of nitrogens with zero attached hydrogens (tertiary/aromatic N) is 3. The van der Waals surface area contributed by atoms with Crippen LogP contribution in [0.25, 0.3) is 6.08 Å². The molecule has 0 spiro atoms. The van der Waals surface area contributed by atoms with Crippen LogP contribution in [0, 0.1) is 5.41 Å². The van der Waals surface area contributed by atoms with Crippen LogP contribution in [-0.2, 0) is 0 Å². The van der Waals surface area contributed by atoms with Crippen LogP contribution in [0.1, 0.15) is 11.1 Å². The molecule has 0 radical (unpaired) electrons. The van der Waals surface area contributed by atoms with E-state index in [0.717, 1.165) is 5.56 Å². The van der Waals surface area contributed by atoms with Crippen LogP contribution in [0.4, 0.5) is 5.69 Å². The molecule has 0 saturated heterocycles. The van der Waals surface area contributed by atoms with Crippen molar-refractivity contribution in [2.45, 2.75) is 0 Å². The number of hydrogen-bond acceptors (Lipinski definition) is 5. The molecule has 2 aromatic heterocycles. The Morgan fingerprint density at radius 1 is 1.12 bits per heavy atom. The number of amidine groups is 1. The van der Waals surface area contributed by atoms with E-state index in [0.29, 0.717) is 5.69 Å². The summed E-state index contributed by atoms with van der Waals surface area (Å²) in [5.41, 5.74) is 1.17. The Kier molecular flexibility index (Phi) is 3.39. The van der Waals surface area contributed by atoms with Gasteiger partial charge < -0.3 is 5.11 Å². The Morgan fingerprint density at radius 3 is 2.56 bits per heavy atom. The van der Waals surface area contributed by atoms with Crippen molar-refractivity contribution >= 4 is 17.6 Å². The van der Waals surface area contributed by atoms with Crippen molar-refractivity contribution in [3.05, 3.63) is 86.9 Å². The Morgan fingerprint density at radius 2 is 1.84 bits per heavy atom. The number of fused-ring (bicyclic) bond motifs is 1. The summed E-state index contributed by atoms with van der Waals surface area (Å²) >= 11 is 0. The summed E-state index contributed by atoms with van der Waals surface area (Å²) in [5, 5.41) is 24.8. The number of aromatic hydroxyl groups is 1. The minimum atomic E-state index is -0.473. The molecule has 0 aliphatic carbocycles. The maximum absolute atomic E-state index is 12.3. The summed E-state index contributed by atoms with van der Waals surface area (Å²) in [6.07, 6.45) is 4.90. The summed E-state index contributed by atoms with van der Waals surface area (Å²) in [5.74, 6) is -0.363. The van der Waals surface area contributed by atoms with Crippen molar-refractivity contribution in [3.63, 3.8) is 0 Å². The summed E-state index contributed by atoms with van der Waals surface area (Å²) in [7, 11) is 0. The van der Waals surface area contributed by atoms with Crippen LogP contribution >= 0.6 is 0 Å². The standard InChI is InChI=1S/C18H13N5O2/c19-16-14-15(22-23(16)12-4-2-1-3-5-12)13(17(24)21-18(14)25)10-11-6-8-20-9-7-11/h1-10,19,25H,(H,21,24). The number of para-hydroxylation sites is 1. The fraction of sp³-hybridized carbons (Fsp3) is 0. The van der Waals surface area contributed by atoms with E-state index in [1.54, 1.807) is 42.7 Å². The lowest BCUT2D eigenvalue weighted by atomic mass is 10.1. The molecule has 7 nitrogen and oxygen atoms in total. The van der Waals surface area contributed by atoms with Gasteiger partial charge in [0.1, 0.15) is 10.9 Å². The van der Waals surface area contributed by atoms with Crippen molar-refractivity contribution in [1.82, 2.24) is 9.97 Å². The fourth-order valence-corrected chi connectivity index (χ4v) is 2.69. The van der Waals surface area contributed by atoms with Crippen LogP contribution in [-0.4, -0.2) is 20.9 Å². The molecule has 0 unspecified atom stereocenters. The van der Waals surface area contributed by atoms with Crippen molar-refractivity contribution in [1.29, 1.82) is 5.41 Å². The van der Waals surface area contributed by atoms with Crippen LogP contribution in [0.5, 0.6) is 5.88 Å². The van der Waals surface area contributed by atoms with Crippen LogP contribution in [0.3, 0.4) is 0 Å². The molecule has 3 aromatic rings. The SMILES string of the molecule is N=C1c2c(O)[nH]c(=O)c(=Cc3ccncc3)c2=NN1c1ccccc1. The van der Waals surface area contributed by atoms with E-state index in [4.69, 9.17) is 5.41 Å². The highest BCUT2D eigenvalue weighted by atomic mass is 16.3. The predicted molar refractivity (Wildman–Crippen MR) is 93.1 cm³/mol. The average Bonchev–Trinajstić information content (AvgIpc) is 2.98. The van der Waals surface area contributed by atoms with Gasteiger partial charge in [-0.2, -0.15) is 5.10 Å². The quantitative estimate of drug-likeness (QED) is 0.642. The molecule has 0 atom stereocenters. The first-order valence-electron chi connectivity index (χ1n) is 7.55. The molecule has 3 N–H and O–H groups in total. The topological polar surface area (TPSA) is 105 Å². The smallest absolute Gasteiger partial charge is 0.260 e. The third-order valence-electron chi connectivity index (χ3n) is 3.87. The Labute approximate surface area is 141 Å². The first-order chi connectivity index (χ1) is 12.1. The molecule has 122 valence electrons. The Bertz CT molecular complexity index is 1140. The molecule has 25 heavy (non-hydrogen) atoms. The number of pyridine rings is 2. The van der Waals surface area contributed by atoms with E-state index in [1.165, 1.54) is 5.01 Å². The summed E-state index contributed by atoms with van der Waals surface area (Å²) < 4.78 is 0. The van der Waals surface area contributed by atoms with E-state index < -0.39 is 5.56 Å². The highest BCUT2D eigenvalue weighted by molar-refractivity contribution is 6.10. The van der Waals surface area contributed by atoms with Crippen LogP contribution < -0.4 is 21.1 Å². The van der Waals surface area contributed by atoms with Gasteiger partial charge in [-0.1, -0.05) is 18.2 Å². The van der Waals surface area contributed by atoms with Crippen molar-refractivity contribution in [2.75, 3.05) is 5.01 Å². The summed E-state index contributed by atoms with van der Waals surface area (Å²) in [6, 6.07) is 12.6. The first-order valence-corrected chi connectivity index (χ1v) is 7.55. The lowest BCUT2D eigenvalue weighted by molar-refractivity contribution is 0.449. The molecule has 1 aliphatic heterocycles. The third-order valence-corrected chi connectivity index (χ3v) is 3.87. The van der Waals surface area contributed by atoms with Gasteiger partial charge in [-0.05, 0) is 35.9 Å². The van der Waals surface area contributed by atoms with Gasteiger partial charge in [0.15, 0.2) is 5.84 Å². The Balaban J connectivity index is 2.00. The number of nitrogens with one attached hydrogen (secondary N) is 2. The summed E-state index contributed by atoms with van der Waals surface area (Å²) in [6.45, 7) is 0.